The van der Waals surface area contributed by atoms with Crippen LogP contribution in [0.4, 0.5) is 0 Å². The van der Waals surface area contributed by atoms with Crippen LogP contribution in [0, 0.1) is 0 Å². The molecule has 0 bridgehead atoms. The van der Waals surface area contributed by atoms with Crippen molar-refractivity contribution in [3.05, 3.63) is 24.3 Å². The van der Waals surface area contributed by atoms with Gasteiger partial charge in [0.25, 0.3) is 0 Å². The van der Waals surface area contributed by atoms with E-state index in [9.17, 15) is 4.79 Å². The first-order chi connectivity index (χ1) is 4.34. The van der Waals surface area contributed by atoms with Crippen LogP contribution in [0.2, 0.25) is 0 Å². The molecule has 0 aliphatic heterocycles. The predicted octanol–water partition coefficient (Wildman–Crippen LogP) is 0.793. The molecule has 0 spiro atoms. The number of ketones is 1. The minimum Gasteiger partial charge on any atom is -0.293 e. The van der Waals surface area contributed by atoms with Crippen molar-refractivity contribution < 1.29 is 4.79 Å². The molecule has 1 rings (SSSR count). The highest BCUT2D eigenvalue weighted by Gasteiger charge is 2.11. The second-order valence-electron chi connectivity index (χ2n) is 1.73. The van der Waals surface area contributed by atoms with Crippen LogP contribution in [0.5, 0.6) is 0 Å². The van der Waals surface area contributed by atoms with E-state index in [-0.39, 0.29) is 11.8 Å². The predicted molar refractivity (Wildman–Crippen MR) is 36.1 cm³/mol. The highest BCUT2D eigenvalue weighted by molar-refractivity contribution is 6.16. The number of carbonyl (C=O) groups excluding carboxylic acids is 1. The molecule has 0 aromatic carbocycles. The normalized spacial score (nSPS) is 25.0. The molecule has 0 radical (unpaired) electrons. The zero-order valence-corrected chi connectivity index (χ0v) is 5.43. The maximum absolute atomic E-state index is 10.7. The van der Waals surface area contributed by atoms with Crippen molar-refractivity contribution in [1.82, 2.24) is 4.84 Å². The van der Waals surface area contributed by atoms with Gasteiger partial charge in [0.1, 0.15) is 6.04 Å². The minimum absolute atomic E-state index is 0.00694. The van der Waals surface area contributed by atoms with Gasteiger partial charge < -0.3 is 0 Å². The summed E-state index contributed by atoms with van der Waals surface area (Å²) in [5.74, 6) is -0.00694. The van der Waals surface area contributed by atoms with Crippen LogP contribution < -0.4 is 4.84 Å². The van der Waals surface area contributed by atoms with Crippen molar-refractivity contribution in [2.75, 3.05) is 0 Å². The van der Waals surface area contributed by atoms with Crippen molar-refractivity contribution in [2.45, 2.75) is 6.04 Å². The van der Waals surface area contributed by atoms with Crippen LogP contribution in [-0.4, -0.2) is 11.8 Å². The SMILES string of the molecule is O=C1C=CC=CC1NCl. The lowest BCUT2D eigenvalue weighted by atomic mass is 10.1. The summed E-state index contributed by atoms with van der Waals surface area (Å²) >= 11 is 5.22. The molecule has 0 saturated carbocycles. The van der Waals surface area contributed by atoms with Gasteiger partial charge in [-0.1, -0.05) is 18.2 Å². The highest BCUT2D eigenvalue weighted by Crippen LogP contribution is 1.98. The Bertz CT molecular complexity index is 174. The van der Waals surface area contributed by atoms with Gasteiger partial charge in [-0.15, -0.1) is 0 Å². The molecular weight excluding hydrogens is 138 g/mol. The van der Waals surface area contributed by atoms with E-state index in [0.717, 1.165) is 0 Å². The Morgan fingerprint density at radius 1 is 1.56 bits per heavy atom. The van der Waals surface area contributed by atoms with Gasteiger partial charge >= 0.3 is 0 Å². The van der Waals surface area contributed by atoms with Crippen molar-refractivity contribution >= 4 is 17.6 Å². The Hall–Kier alpha value is -0.600. The molecule has 1 atom stereocenters. The number of halogens is 1. The van der Waals surface area contributed by atoms with Crippen molar-refractivity contribution in [1.29, 1.82) is 0 Å². The number of carbonyl (C=O) groups is 1. The molecule has 48 valence electrons. The lowest BCUT2D eigenvalue weighted by Gasteiger charge is -2.06. The second kappa shape index (κ2) is 2.80. The number of allylic oxidation sites excluding steroid dienone is 2. The van der Waals surface area contributed by atoms with E-state index in [4.69, 9.17) is 11.8 Å². The summed E-state index contributed by atoms with van der Waals surface area (Å²) in [4.78, 5) is 13.1. The van der Waals surface area contributed by atoms with E-state index < -0.39 is 0 Å². The Morgan fingerprint density at radius 3 is 2.78 bits per heavy atom. The van der Waals surface area contributed by atoms with E-state index in [0.29, 0.717) is 0 Å². The van der Waals surface area contributed by atoms with E-state index in [1.54, 1.807) is 18.2 Å². The quantitative estimate of drug-likeness (QED) is 0.550. The van der Waals surface area contributed by atoms with Gasteiger partial charge in [0.15, 0.2) is 5.78 Å². The summed E-state index contributed by atoms with van der Waals surface area (Å²) in [6.45, 7) is 0. The largest absolute Gasteiger partial charge is 0.293 e. The number of hydrogen-bond acceptors (Lipinski definition) is 2. The number of nitrogens with one attached hydrogen (secondary N) is 1. The average molecular weight is 144 g/mol. The first-order valence-corrected chi connectivity index (χ1v) is 2.97. The third kappa shape index (κ3) is 1.40. The molecule has 0 heterocycles. The topological polar surface area (TPSA) is 29.1 Å². The summed E-state index contributed by atoms with van der Waals surface area (Å²) in [6, 6.07) is -0.336. The van der Waals surface area contributed by atoms with Crippen molar-refractivity contribution in [3.8, 4) is 0 Å². The summed E-state index contributed by atoms with van der Waals surface area (Å²) in [5, 5.41) is 0. The summed E-state index contributed by atoms with van der Waals surface area (Å²) in [5.41, 5.74) is 0. The molecule has 0 saturated heterocycles. The molecule has 1 aliphatic rings. The smallest absolute Gasteiger partial charge is 0.177 e. The Kier molecular flexibility index (Phi) is 2.03. The van der Waals surface area contributed by atoms with Crippen LogP contribution in [0.25, 0.3) is 0 Å². The Balaban J connectivity index is 2.66. The molecule has 3 heteroatoms. The number of rotatable bonds is 1. The van der Waals surface area contributed by atoms with Crippen LogP contribution in [-0.2, 0) is 4.79 Å². The molecule has 2 nitrogen and oxygen atoms in total. The van der Waals surface area contributed by atoms with Gasteiger partial charge in [0.05, 0.1) is 0 Å². The fourth-order valence-electron chi connectivity index (χ4n) is 0.614. The van der Waals surface area contributed by atoms with Gasteiger partial charge in [0, 0.05) is 0 Å². The summed E-state index contributed by atoms with van der Waals surface area (Å²) in [6.07, 6.45) is 6.66. The first-order valence-electron chi connectivity index (χ1n) is 2.59. The fourth-order valence-corrected chi connectivity index (χ4v) is 0.795. The van der Waals surface area contributed by atoms with Crippen molar-refractivity contribution in [2.24, 2.45) is 0 Å². The molecule has 0 aromatic heterocycles. The maximum Gasteiger partial charge on any atom is 0.177 e. The third-order valence-corrected chi connectivity index (χ3v) is 1.33. The Morgan fingerprint density at radius 2 is 2.33 bits per heavy atom. The first kappa shape index (κ1) is 6.52. The van der Waals surface area contributed by atoms with Gasteiger partial charge in [-0.3, -0.25) is 4.79 Å². The fraction of sp³-hybridized carbons (Fsp3) is 0.167. The van der Waals surface area contributed by atoms with Gasteiger partial charge in [-0.05, 0) is 17.9 Å². The maximum atomic E-state index is 10.7. The zero-order chi connectivity index (χ0) is 6.69. The third-order valence-electron chi connectivity index (χ3n) is 1.10. The molecule has 0 aromatic rings. The van der Waals surface area contributed by atoms with Gasteiger partial charge in [0.2, 0.25) is 0 Å². The Labute approximate surface area is 58.3 Å². The molecule has 0 amide bonds. The molecule has 9 heavy (non-hydrogen) atoms. The summed E-state index contributed by atoms with van der Waals surface area (Å²) in [7, 11) is 0. The molecule has 0 fully saturated rings. The number of hydrogen-bond donors (Lipinski definition) is 1. The van der Waals surface area contributed by atoms with Gasteiger partial charge in [-0.2, -0.15) is 0 Å². The second-order valence-corrected chi connectivity index (χ2v) is 1.95. The molecule has 1 unspecified atom stereocenters. The van der Waals surface area contributed by atoms with Crippen LogP contribution in [0.1, 0.15) is 0 Å². The van der Waals surface area contributed by atoms with Crippen LogP contribution >= 0.6 is 11.8 Å². The highest BCUT2D eigenvalue weighted by atomic mass is 35.5. The zero-order valence-electron chi connectivity index (χ0n) is 4.67. The van der Waals surface area contributed by atoms with E-state index in [2.05, 4.69) is 4.84 Å². The standard InChI is InChI=1S/C6H6ClNO/c7-8-5-3-1-2-4-6(5)9/h1-5,8H. The molecule has 1 N–H and O–H groups in total. The van der Waals surface area contributed by atoms with E-state index in [1.165, 1.54) is 6.08 Å². The lowest BCUT2D eigenvalue weighted by Crippen LogP contribution is -2.28. The lowest BCUT2D eigenvalue weighted by molar-refractivity contribution is -0.115. The minimum atomic E-state index is -0.336. The monoisotopic (exact) mass is 143 g/mol. The van der Waals surface area contributed by atoms with Gasteiger partial charge in [-0.25, -0.2) is 4.84 Å². The molecule has 1 aliphatic carbocycles. The van der Waals surface area contributed by atoms with E-state index >= 15 is 0 Å². The average Bonchev–Trinajstić information content (AvgIpc) is 1.89. The summed E-state index contributed by atoms with van der Waals surface area (Å²) < 4.78 is 0. The molecular formula is C6H6ClNO. The van der Waals surface area contributed by atoms with E-state index in [1.807, 2.05) is 0 Å². The van der Waals surface area contributed by atoms with Crippen LogP contribution in [0.15, 0.2) is 24.3 Å². The van der Waals surface area contributed by atoms with Crippen LogP contribution in [0.3, 0.4) is 0 Å². The van der Waals surface area contributed by atoms with Crippen molar-refractivity contribution in [3.63, 3.8) is 0 Å².